The third-order valence-corrected chi connectivity index (χ3v) is 5.28. The van der Waals surface area contributed by atoms with Gasteiger partial charge >= 0.3 is 0 Å². The molecule has 0 fully saturated rings. The molecular formula is C25H20N2O. The SMILES string of the molecule is COc1ccc(-c2nc3ccccc3c3c2C(c2ccccc2)=NCC3)cc1. The van der Waals surface area contributed by atoms with Crippen LogP contribution in [0.1, 0.15) is 16.7 Å². The lowest BCUT2D eigenvalue weighted by Crippen LogP contribution is -2.17. The number of rotatable bonds is 3. The zero-order valence-corrected chi connectivity index (χ0v) is 15.7. The summed E-state index contributed by atoms with van der Waals surface area (Å²) in [5.74, 6) is 0.843. The molecule has 2 heterocycles. The van der Waals surface area contributed by atoms with E-state index in [1.54, 1.807) is 7.11 Å². The molecule has 4 aromatic rings. The fourth-order valence-corrected chi connectivity index (χ4v) is 3.94. The molecular weight excluding hydrogens is 344 g/mol. The Morgan fingerprint density at radius 1 is 0.786 bits per heavy atom. The first-order valence-corrected chi connectivity index (χ1v) is 9.51. The van der Waals surface area contributed by atoms with Crippen molar-refractivity contribution in [2.45, 2.75) is 6.42 Å². The first-order chi connectivity index (χ1) is 13.8. The Labute approximate surface area is 164 Å². The number of ether oxygens (including phenoxy) is 1. The number of hydrogen-bond donors (Lipinski definition) is 0. The number of benzene rings is 3. The zero-order chi connectivity index (χ0) is 18.9. The molecule has 28 heavy (non-hydrogen) atoms. The van der Waals surface area contributed by atoms with Crippen molar-refractivity contribution in [1.82, 2.24) is 4.98 Å². The molecule has 0 saturated carbocycles. The number of methoxy groups -OCH3 is 1. The van der Waals surface area contributed by atoms with Gasteiger partial charge in [-0.3, -0.25) is 4.99 Å². The van der Waals surface area contributed by atoms with Crippen molar-refractivity contribution in [3.05, 3.63) is 95.6 Å². The molecule has 136 valence electrons. The van der Waals surface area contributed by atoms with Gasteiger partial charge in [0.25, 0.3) is 0 Å². The number of pyridine rings is 1. The summed E-state index contributed by atoms with van der Waals surface area (Å²) in [6.45, 7) is 0.799. The second-order valence-corrected chi connectivity index (χ2v) is 6.91. The smallest absolute Gasteiger partial charge is 0.118 e. The standard InChI is InChI=1S/C25H20N2O/c1-28-19-13-11-18(12-14-19)25-23-21(20-9-5-6-10-22(20)27-25)15-16-26-24(23)17-7-3-2-4-8-17/h2-14H,15-16H2,1H3. The van der Waals surface area contributed by atoms with Gasteiger partial charge in [0.2, 0.25) is 0 Å². The summed E-state index contributed by atoms with van der Waals surface area (Å²) in [5.41, 5.74) is 7.75. The van der Waals surface area contributed by atoms with Crippen LogP contribution in [-0.2, 0) is 6.42 Å². The van der Waals surface area contributed by atoms with Crippen molar-refractivity contribution >= 4 is 16.6 Å². The summed E-state index contributed by atoms with van der Waals surface area (Å²) in [7, 11) is 1.69. The van der Waals surface area contributed by atoms with Crippen LogP contribution in [0, 0.1) is 0 Å². The van der Waals surface area contributed by atoms with Crippen LogP contribution in [0.5, 0.6) is 5.75 Å². The molecule has 0 atom stereocenters. The summed E-state index contributed by atoms with van der Waals surface area (Å²) in [6.07, 6.45) is 0.928. The quantitative estimate of drug-likeness (QED) is 0.494. The topological polar surface area (TPSA) is 34.5 Å². The molecule has 3 heteroatoms. The molecule has 3 nitrogen and oxygen atoms in total. The van der Waals surface area contributed by atoms with Crippen molar-refractivity contribution < 1.29 is 4.74 Å². The van der Waals surface area contributed by atoms with Crippen molar-refractivity contribution in [3.63, 3.8) is 0 Å². The normalized spacial score (nSPS) is 13.1. The van der Waals surface area contributed by atoms with Gasteiger partial charge in [0.05, 0.1) is 24.0 Å². The Kier molecular flexibility index (Phi) is 4.13. The minimum absolute atomic E-state index is 0.799. The number of aliphatic imine (C=N–C) groups is 1. The first kappa shape index (κ1) is 16.7. The maximum atomic E-state index is 5.33. The predicted octanol–water partition coefficient (Wildman–Crippen LogP) is 5.30. The summed E-state index contributed by atoms with van der Waals surface area (Å²) in [5, 5.41) is 1.22. The Morgan fingerprint density at radius 2 is 1.54 bits per heavy atom. The van der Waals surface area contributed by atoms with Gasteiger partial charge in [-0.05, 0) is 42.3 Å². The highest BCUT2D eigenvalue weighted by molar-refractivity contribution is 6.19. The van der Waals surface area contributed by atoms with Crippen molar-refractivity contribution in [3.8, 4) is 17.0 Å². The van der Waals surface area contributed by atoms with Gasteiger partial charge in [-0.2, -0.15) is 0 Å². The van der Waals surface area contributed by atoms with Crippen LogP contribution in [0.4, 0.5) is 0 Å². The largest absolute Gasteiger partial charge is 0.497 e. The maximum Gasteiger partial charge on any atom is 0.118 e. The van der Waals surface area contributed by atoms with Gasteiger partial charge in [0.1, 0.15) is 5.75 Å². The van der Waals surface area contributed by atoms with E-state index in [4.69, 9.17) is 14.7 Å². The van der Waals surface area contributed by atoms with Crippen LogP contribution in [0.25, 0.3) is 22.2 Å². The molecule has 0 bridgehead atoms. The minimum atomic E-state index is 0.799. The van der Waals surface area contributed by atoms with E-state index in [0.717, 1.165) is 52.3 Å². The van der Waals surface area contributed by atoms with E-state index in [1.807, 2.05) is 18.2 Å². The second kappa shape index (κ2) is 6.93. The lowest BCUT2D eigenvalue weighted by atomic mass is 9.87. The fourth-order valence-electron chi connectivity index (χ4n) is 3.94. The summed E-state index contributed by atoms with van der Waals surface area (Å²) in [6, 6.07) is 27.0. The average molecular weight is 364 g/mol. The van der Waals surface area contributed by atoms with Gasteiger partial charge in [-0.15, -0.1) is 0 Å². The van der Waals surface area contributed by atoms with Gasteiger partial charge < -0.3 is 4.74 Å². The van der Waals surface area contributed by atoms with E-state index in [-0.39, 0.29) is 0 Å². The van der Waals surface area contributed by atoms with Gasteiger partial charge in [-0.25, -0.2) is 4.98 Å². The highest BCUT2D eigenvalue weighted by Gasteiger charge is 2.24. The van der Waals surface area contributed by atoms with Gasteiger partial charge in [0, 0.05) is 28.6 Å². The predicted molar refractivity (Wildman–Crippen MR) is 114 cm³/mol. The van der Waals surface area contributed by atoms with Crippen LogP contribution >= 0.6 is 0 Å². The molecule has 0 amide bonds. The van der Waals surface area contributed by atoms with E-state index in [9.17, 15) is 0 Å². The van der Waals surface area contributed by atoms with Crippen LogP contribution in [0.3, 0.4) is 0 Å². The highest BCUT2D eigenvalue weighted by Crippen LogP contribution is 2.35. The van der Waals surface area contributed by atoms with Crippen molar-refractivity contribution in [1.29, 1.82) is 0 Å². The lowest BCUT2D eigenvalue weighted by molar-refractivity contribution is 0.415. The Balaban J connectivity index is 1.81. The number of aromatic nitrogens is 1. The molecule has 0 N–H and O–H groups in total. The van der Waals surface area contributed by atoms with E-state index >= 15 is 0 Å². The Hall–Kier alpha value is -3.46. The minimum Gasteiger partial charge on any atom is -0.497 e. The molecule has 1 aliphatic rings. The monoisotopic (exact) mass is 364 g/mol. The van der Waals surface area contributed by atoms with E-state index in [2.05, 4.69) is 60.7 Å². The number of hydrogen-bond acceptors (Lipinski definition) is 3. The average Bonchev–Trinajstić information content (AvgIpc) is 2.79. The third kappa shape index (κ3) is 2.76. The first-order valence-electron chi connectivity index (χ1n) is 9.51. The van der Waals surface area contributed by atoms with Gasteiger partial charge in [-0.1, -0.05) is 48.5 Å². The second-order valence-electron chi connectivity index (χ2n) is 6.91. The van der Waals surface area contributed by atoms with E-state index in [1.165, 1.54) is 10.9 Å². The van der Waals surface area contributed by atoms with Crippen LogP contribution in [-0.4, -0.2) is 24.4 Å². The van der Waals surface area contributed by atoms with Gasteiger partial charge in [0.15, 0.2) is 0 Å². The van der Waals surface area contributed by atoms with E-state index < -0.39 is 0 Å². The molecule has 0 unspecified atom stereocenters. The lowest BCUT2D eigenvalue weighted by Gasteiger charge is -2.22. The molecule has 0 saturated heterocycles. The molecule has 5 rings (SSSR count). The molecule has 0 spiro atoms. The third-order valence-electron chi connectivity index (χ3n) is 5.28. The summed E-state index contributed by atoms with van der Waals surface area (Å²) < 4.78 is 5.33. The molecule has 0 radical (unpaired) electrons. The molecule has 1 aliphatic heterocycles. The van der Waals surface area contributed by atoms with Crippen LogP contribution in [0.2, 0.25) is 0 Å². The summed E-state index contributed by atoms with van der Waals surface area (Å²) >= 11 is 0. The number of fused-ring (bicyclic) bond motifs is 3. The Bertz CT molecular complexity index is 1180. The molecule has 3 aromatic carbocycles. The van der Waals surface area contributed by atoms with Crippen LogP contribution < -0.4 is 4.74 Å². The maximum absolute atomic E-state index is 5.33. The van der Waals surface area contributed by atoms with Crippen LogP contribution in [0.15, 0.2) is 83.9 Å². The summed E-state index contributed by atoms with van der Waals surface area (Å²) in [4.78, 5) is 9.99. The van der Waals surface area contributed by atoms with Crippen molar-refractivity contribution in [2.24, 2.45) is 4.99 Å². The zero-order valence-electron chi connectivity index (χ0n) is 15.7. The Morgan fingerprint density at radius 3 is 2.32 bits per heavy atom. The van der Waals surface area contributed by atoms with Crippen molar-refractivity contribution in [2.75, 3.05) is 13.7 Å². The number of nitrogens with zero attached hydrogens (tertiary/aromatic N) is 2. The van der Waals surface area contributed by atoms with E-state index in [0.29, 0.717) is 0 Å². The molecule has 1 aromatic heterocycles. The fraction of sp³-hybridized carbons (Fsp3) is 0.120. The highest BCUT2D eigenvalue weighted by atomic mass is 16.5. The molecule has 0 aliphatic carbocycles. The number of para-hydroxylation sites is 1.